The molecule has 0 aromatic carbocycles. The molecule has 2 nitrogen and oxygen atoms in total. The smallest absolute Gasteiger partial charge is 0.223 e. The highest BCUT2D eigenvalue weighted by Crippen LogP contribution is 2.41. The average Bonchev–Trinajstić information content (AvgIpc) is 2.54. The van der Waals surface area contributed by atoms with Gasteiger partial charge in [0.05, 0.1) is 0 Å². The molecule has 1 heterocycles. The molecule has 1 amide bonds. The minimum absolute atomic E-state index is 0.277. The maximum absolute atomic E-state index is 11.8. The van der Waals surface area contributed by atoms with Crippen LogP contribution in [0.2, 0.25) is 0 Å². The quantitative estimate of drug-likeness (QED) is 0.683. The molecule has 1 saturated carbocycles. The molecule has 3 unspecified atom stereocenters. The summed E-state index contributed by atoms with van der Waals surface area (Å²) in [5.41, 5.74) is 0.277. The lowest BCUT2D eigenvalue weighted by molar-refractivity contribution is -0.124. The van der Waals surface area contributed by atoms with Crippen molar-refractivity contribution in [2.24, 2.45) is 17.3 Å². The van der Waals surface area contributed by atoms with E-state index in [1.54, 1.807) is 0 Å². The highest BCUT2D eigenvalue weighted by atomic mass is 16.2. The second-order valence-electron chi connectivity index (χ2n) is 6.08. The Morgan fingerprint density at radius 1 is 1.36 bits per heavy atom. The van der Waals surface area contributed by atoms with Crippen molar-refractivity contribution in [2.75, 3.05) is 0 Å². The van der Waals surface area contributed by atoms with Crippen molar-refractivity contribution in [2.45, 2.75) is 52.5 Å². The van der Waals surface area contributed by atoms with E-state index in [2.05, 4.69) is 26.1 Å². The van der Waals surface area contributed by atoms with Crippen LogP contribution >= 0.6 is 0 Å². The number of fused-ring (bicyclic) bond motifs is 1. The van der Waals surface area contributed by atoms with Gasteiger partial charge in [0.2, 0.25) is 5.91 Å². The maximum Gasteiger partial charge on any atom is 0.223 e. The van der Waals surface area contributed by atoms with Crippen LogP contribution in [0.1, 0.15) is 46.5 Å². The molecule has 2 fully saturated rings. The number of nitrogens with one attached hydrogen (secondary N) is 1. The molecule has 0 aromatic rings. The molecule has 1 aliphatic carbocycles. The second kappa shape index (κ2) is 3.25. The molecule has 0 radical (unpaired) electrons. The lowest BCUT2D eigenvalue weighted by Crippen LogP contribution is -2.26. The van der Waals surface area contributed by atoms with Crippen LogP contribution in [-0.4, -0.2) is 11.9 Å². The summed E-state index contributed by atoms with van der Waals surface area (Å²) in [7, 11) is 0. The Morgan fingerprint density at radius 2 is 2.07 bits per heavy atom. The number of amides is 1. The molecular formula is C12H21NO. The minimum atomic E-state index is 0.277. The monoisotopic (exact) mass is 195 g/mol. The Labute approximate surface area is 86.5 Å². The topological polar surface area (TPSA) is 29.1 Å². The fourth-order valence-electron chi connectivity index (χ4n) is 3.04. The zero-order valence-electron chi connectivity index (χ0n) is 9.47. The highest BCUT2D eigenvalue weighted by molar-refractivity contribution is 5.82. The van der Waals surface area contributed by atoms with Crippen LogP contribution in [0.25, 0.3) is 0 Å². The summed E-state index contributed by atoms with van der Waals surface area (Å²) >= 11 is 0. The Hall–Kier alpha value is -0.530. The summed E-state index contributed by atoms with van der Waals surface area (Å²) in [4.78, 5) is 11.8. The first-order chi connectivity index (χ1) is 6.47. The van der Waals surface area contributed by atoms with E-state index in [-0.39, 0.29) is 5.41 Å². The summed E-state index contributed by atoms with van der Waals surface area (Å²) < 4.78 is 0. The number of hydrogen-bond donors (Lipinski definition) is 1. The van der Waals surface area contributed by atoms with Crippen molar-refractivity contribution in [1.29, 1.82) is 0 Å². The molecule has 2 rings (SSSR count). The third-order valence-electron chi connectivity index (χ3n) is 3.58. The first kappa shape index (κ1) is 10.0. The van der Waals surface area contributed by atoms with Gasteiger partial charge in [-0.05, 0) is 30.6 Å². The highest BCUT2D eigenvalue weighted by Gasteiger charge is 2.45. The zero-order valence-corrected chi connectivity index (χ0v) is 9.47. The Kier molecular flexibility index (Phi) is 2.32. The lowest BCUT2D eigenvalue weighted by Gasteiger charge is -2.24. The average molecular weight is 195 g/mol. The van der Waals surface area contributed by atoms with Crippen molar-refractivity contribution in [3.8, 4) is 0 Å². The molecule has 1 aliphatic heterocycles. The van der Waals surface area contributed by atoms with Crippen LogP contribution in [0.4, 0.5) is 0 Å². The third-order valence-corrected chi connectivity index (χ3v) is 3.58. The summed E-state index contributed by atoms with van der Waals surface area (Å²) in [6.45, 7) is 6.67. The predicted octanol–water partition coefficient (Wildman–Crippen LogP) is 2.34. The summed E-state index contributed by atoms with van der Waals surface area (Å²) in [6.07, 6.45) is 4.80. The number of hydrogen-bond acceptors (Lipinski definition) is 1. The van der Waals surface area contributed by atoms with E-state index >= 15 is 0 Å². The first-order valence-electron chi connectivity index (χ1n) is 5.78. The second-order valence-corrected chi connectivity index (χ2v) is 6.08. The van der Waals surface area contributed by atoms with Gasteiger partial charge < -0.3 is 5.32 Å². The van der Waals surface area contributed by atoms with Gasteiger partial charge in [0.25, 0.3) is 0 Å². The summed E-state index contributed by atoms with van der Waals surface area (Å²) in [5, 5.41) is 3.15. The van der Waals surface area contributed by atoms with Crippen LogP contribution in [0.5, 0.6) is 0 Å². The zero-order chi connectivity index (χ0) is 10.3. The summed E-state index contributed by atoms with van der Waals surface area (Å²) in [6, 6.07) is 0.509. The maximum atomic E-state index is 11.8. The minimum Gasteiger partial charge on any atom is -0.353 e. The lowest BCUT2D eigenvalue weighted by atomic mass is 9.79. The van der Waals surface area contributed by atoms with Gasteiger partial charge in [-0.3, -0.25) is 4.79 Å². The van der Waals surface area contributed by atoms with Gasteiger partial charge in [0.15, 0.2) is 0 Å². The van der Waals surface area contributed by atoms with Gasteiger partial charge >= 0.3 is 0 Å². The van der Waals surface area contributed by atoms with Crippen molar-refractivity contribution >= 4 is 5.91 Å². The van der Waals surface area contributed by atoms with E-state index in [1.165, 1.54) is 19.3 Å². The first-order valence-corrected chi connectivity index (χ1v) is 5.78. The molecular weight excluding hydrogens is 174 g/mol. The number of carbonyl (C=O) groups is 1. The summed E-state index contributed by atoms with van der Waals surface area (Å²) in [5.74, 6) is 1.25. The van der Waals surface area contributed by atoms with E-state index in [1.807, 2.05) is 0 Å². The van der Waals surface area contributed by atoms with Crippen LogP contribution in [0.3, 0.4) is 0 Å². The normalized spacial score (nSPS) is 37.1. The molecule has 2 aliphatic rings. The van der Waals surface area contributed by atoms with E-state index < -0.39 is 0 Å². The fourth-order valence-corrected chi connectivity index (χ4v) is 3.04. The van der Waals surface area contributed by atoms with E-state index in [4.69, 9.17) is 0 Å². The van der Waals surface area contributed by atoms with Gasteiger partial charge in [-0.1, -0.05) is 27.2 Å². The SMILES string of the molecule is CC(C)(C)CC1C(=O)NC2CCCC21. The van der Waals surface area contributed by atoms with Gasteiger partial charge in [-0.2, -0.15) is 0 Å². The van der Waals surface area contributed by atoms with Gasteiger partial charge in [0, 0.05) is 12.0 Å². The van der Waals surface area contributed by atoms with Gasteiger partial charge in [-0.25, -0.2) is 0 Å². The Morgan fingerprint density at radius 3 is 2.71 bits per heavy atom. The third kappa shape index (κ3) is 1.79. The fraction of sp³-hybridized carbons (Fsp3) is 0.917. The number of rotatable bonds is 1. The van der Waals surface area contributed by atoms with Crippen LogP contribution in [-0.2, 0) is 4.79 Å². The van der Waals surface area contributed by atoms with Crippen molar-refractivity contribution in [3.63, 3.8) is 0 Å². The molecule has 0 bridgehead atoms. The Balaban J connectivity index is 2.06. The number of carbonyl (C=O) groups excluding carboxylic acids is 1. The molecule has 0 aromatic heterocycles. The van der Waals surface area contributed by atoms with Crippen molar-refractivity contribution in [3.05, 3.63) is 0 Å². The molecule has 0 spiro atoms. The molecule has 14 heavy (non-hydrogen) atoms. The van der Waals surface area contributed by atoms with Crippen LogP contribution in [0, 0.1) is 17.3 Å². The molecule has 80 valence electrons. The van der Waals surface area contributed by atoms with Crippen LogP contribution in [0.15, 0.2) is 0 Å². The molecule has 1 N–H and O–H groups in total. The van der Waals surface area contributed by atoms with Crippen molar-refractivity contribution in [1.82, 2.24) is 5.32 Å². The van der Waals surface area contributed by atoms with E-state index in [0.717, 1.165) is 6.42 Å². The Bertz CT molecular complexity index is 241. The standard InChI is InChI=1S/C12H21NO/c1-12(2,3)7-9-8-5-4-6-10(8)13-11(9)14/h8-10H,4-7H2,1-3H3,(H,13,14). The van der Waals surface area contributed by atoms with Crippen LogP contribution < -0.4 is 5.32 Å². The van der Waals surface area contributed by atoms with E-state index in [9.17, 15) is 4.79 Å². The molecule has 2 heteroatoms. The molecule has 3 atom stereocenters. The van der Waals surface area contributed by atoms with Gasteiger partial charge in [0.1, 0.15) is 0 Å². The van der Waals surface area contributed by atoms with E-state index in [0.29, 0.717) is 23.8 Å². The van der Waals surface area contributed by atoms with Gasteiger partial charge in [-0.15, -0.1) is 0 Å². The predicted molar refractivity (Wildman–Crippen MR) is 56.8 cm³/mol. The van der Waals surface area contributed by atoms with Crippen molar-refractivity contribution < 1.29 is 4.79 Å². The largest absolute Gasteiger partial charge is 0.353 e. The molecule has 1 saturated heterocycles.